The Bertz CT molecular complexity index is 2890. The predicted octanol–water partition coefficient (Wildman–Crippen LogP) is 14.9. The van der Waals surface area contributed by atoms with Gasteiger partial charge in [-0.2, -0.15) is 0 Å². The molecule has 0 fully saturated rings. The van der Waals surface area contributed by atoms with E-state index in [0.29, 0.717) is 0 Å². The van der Waals surface area contributed by atoms with E-state index in [9.17, 15) is 0 Å². The van der Waals surface area contributed by atoms with Crippen LogP contribution >= 0.6 is 0 Å². The summed E-state index contributed by atoms with van der Waals surface area (Å²) in [5, 5.41) is 10.2. The van der Waals surface area contributed by atoms with E-state index in [-0.39, 0.29) is 0 Å². The second-order valence-corrected chi connectivity index (χ2v) is 15.8. The van der Waals surface area contributed by atoms with Gasteiger partial charge in [0, 0.05) is 17.1 Å². The first kappa shape index (κ1) is 32.3. The van der Waals surface area contributed by atoms with Gasteiger partial charge in [-0.25, -0.2) is 0 Å². The minimum Gasteiger partial charge on any atom is -0.310 e. The molecule has 0 heterocycles. The van der Waals surface area contributed by atoms with E-state index in [0.717, 1.165) is 12.8 Å². The van der Waals surface area contributed by atoms with E-state index < -0.39 is 0 Å². The van der Waals surface area contributed by atoms with Gasteiger partial charge in [0.2, 0.25) is 0 Å². The van der Waals surface area contributed by atoms with Crippen molar-refractivity contribution in [1.29, 1.82) is 0 Å². The highest BCUT2D eigenvalue weighted by molar-refractivity contribution is 6.15. The average Bonchev–Trinajstić information content (AvgIpc) is 3.26. The lowest BCUT2D eigenvalue weighted by molar-refractivity contribution is 0.685. The van der Waals surface area contributed by atoms with Gasteiger partial charge >= 0.3 is 0 Å². The molecular formula is C54H43N. The van der Waals surface area contributed by atoms with Crippen molar-refractivity contribution in [2.45, 2.75) is 51.4 Å². The Morgan fingerprint density at radius 2 is 0.800 bits per heavy atom. The lowest BCUT2D eigenvalue weighted by Crippen LogP contribution is -2.13. The zero-order valence-electron chi connectivity index (χ0n) is 31.2. The predicted molar refractivity (Wildman–Crippen MR) is 235 cm³/mol. The molecule has 0 amide bonds. The number of hydrogen-bond acceptors (Lipinski definition) is 1. The van der Waals surface area contributed by atoms with Crippen LogP contribution in [0.2, 0.25) is 0 Å². The van der Waals surface area contributed by atoms with Gasteiger partial charge in [-0.3, -0.25) is 0 Å². The number of aryl methyl sites for hydroxylation is 4. The third-order valence-corrected chi connectivity index (χ3v) is 12.6. The number of nitrogens with zero attached hydrogens (tertiary/aromatic N) is 1. The maximum Gasteiger partial charge on any atom is 0.0468 e. The van der Waals surface area contributed by atoms with Gasteiger partial charge in [-0.05, 0) is 187 Å². The highest BCUT2D eigenvalue weighted by Crippen LogP contribution is 2.45. The van der Waals surface area contributed by atoms with Crippen molar-refractivity contribution < 1.29 is 0 Å². The van der Waals surface area contributed by atoms with E-state index >= 15 is 0 Å². The molecule has 55 heavy (non-hydrogen) atoms. The van der Waals surface area contributed by atoms with Crippen molar-refractivity contribution in [3.05, 3.63) is 186 Å². The second-order valence-electron chi connectivity index (χ2n) is 15.8. The fourth-order valence-corrected chi connectivity index (χ4v) is 9.76. The Labute approximate surface area is 323 Å². The molecule has 0 saturated heterocycles. The topological polar surface area (TPSA) is 3.24 Å². The molecule has 9 aromatic rings. The number of hydrogen-bond donors (Lipinski definition) is 0. The van der Waals surface area contributed by atoms with Crippen LogP contribution in [0, 0.1) is 0 Å². The van der Waals surface area contributed by atoms with Crippen molar-refractivity contribution in [2.75, 3.05) is 4.90 Å². The van der Waals surface area contributed by atoms with Gasteiger partial charge in [-0.15, -0.1) is 0 Å². The summed E-state index contributed by atoms with van der Waals surface area (Å²) in [7, 11) is 0. The molecule has 2 aliphatic carbocycles. The van der Waals surface area contributed by atoms with Gasteiger partial charge in [0.1, 0.15) is 0 Å². The monoisotopic (exact) mass is 705 g/mol. The Morgan fingerprint density at radius 3 is 1.49 bits per heavy atom. The van der Waals surface area contributed by atoms with E-state index in [1.807, 2.05) is 0 Å². The molecule has 1 heteroatoms. The summed E-state index contributed by atoms with van der Waals surface area (Å²) in [6.07, 6.45) is 9.80. The molecule has 2 aliphatic rings. The molecule has 0 aliphatic heterocycles. The van der Waals surface area contributed by atoms with Gasteiger partial charge in [0.05, 0.1) is 0 Å². The Hall–Kier alpha value is -6.18. The molecular weight excluding hydrogens is 663 g/mol. The van der Waals surface area contributed by atoms with E-state index in [2.05, 4.69) is 169 Å². The minimum atomic E-state index is 1.16. The first-order valence-electron chi connectivity index (χ1n) is 20.3. The first-order valence-corrected chi connectivity index (χ1v) is 20.3. The summed E-state index contributed by atoms with van der Waals surface area (Å²) in [5.41, 5.74) is 14.7. The third-order valence-electron chi connectivity index (χ3n) is 12.6. The molecule has 0 spiro atoms. The molecule has 264 valence electrons. The highest BCUT2D eigenvalue weighted by atomic mass is 15.1. The van der Waals surface area contributed by atoms with E-state index in [1.165, 1.54) is 143 Å². The van der Waals surface area contributed by atoms with Crippen LogP contribution in [0.25, 0.3) is 65.3 Å². The van der Waals surface area contributed by atoms with Gasteiger partial charge in [-0.1, -0.05) is 115 Å². The molecule has 11 rings (SSSR count). The molecule has 0 aromatic heterocycles. The van der Waals surface area contributed by atoms with E-state index in [1.54, 1.807) is 0 Å². The smallest absolute Gasteiger partial charge is 0.0468 e. The van der Waals surface area contributed by atoms with Crippen LogP contribution in [0.5, 0.6) is 0 Å². The maximum absolute atomic E-state index is 2.54. The lowest BCUT2D eigenvalue weighted by Gasteiger charge is -2.30. The molecule has 9 aromatic carbocycles. The minimum absolute atomic E-state index is 1.16. The van der Waals surface area contributed by atoms with Crippen LogP contribution in [0.4, 0.5) is 17.1 Å². The summed E-state index contributed by atoms with van der Waals surface area (Å²) in [4.78, 5) is 2.54. The SMILES string of the molecule is c1ccc2c(c1)ccc1ccc(-c3ccc(N(c4ccc5c(c4)CCCC5)c4ccc5c(c4)CCCC5)cc3-c3cc4ccccc4c4ccccc34)cc12. The molecule has 0 N–H and O–H groups in total. The lowest BCUT2D eigenvalue weighted by atomic mass is 9.87. The molecule has 0 radical (unpaired) electrons. The summed E-state index contributed by atoms with van der Waals surface area (Å²) < 4.78 is 0. The largest absolute Gasteiger partial charge is 0.310 e. The van der Waals surface area contributed by atoms with Crippen LogP contribution in [0.3, 0.4) is 0 Å². The van der Waals surface area contributed by atoms with Gasteiger partial charge in [0.15, 0.2) is 0 Å². The van der Waals surface area contributed by atoms with Crippen molar-refractivity contribution >= 4 is 60.2 Å². The van der Waals surface area contributed by atoms with Crippen molar-refractivity contribution in [1.82, 2.24) is 0 Å². The number of fused-ring (bicyclic) bond motifs is 8. The molecule has 0 unspecified atom stereocenters. The highest BCUT2D eigenvalue weighted by Gasteiger charge is 2.22. The van der Waals surface area contributed by atoms with Crippen molar-refractivity contribution in [2.24, 2.45) is 0 Å². The number of rotatable bonds is 5. The summed E-state index contributed by atoms with van der Waals surface area (Å²) in [6, 6.07) is 62.4. The van der Waals surface area contributed by atoms with Crippen LogP contribution in [0.15, 0.2) is 164 Å². The second kappa shape index (κ2) is 13.3. The zero-order chi connectivity index (χ0) is 36.3. The quantitative estimate of drug-likeness (QED) is 0.161. The third kappa shape index (κ3) is 5.61. The van der Waals surface area contributed by atoms with Gasteiger partial charge < -0.3 is 4.90 Å². The summed E-state index contributed by atoms with van der Waals surface area (Å²) >= 11 is 0. The Morgan fingerprint density at radius 1 is 0.291 bits per heavy atom. The Kier molecular flexibility index (Phi) is 7.80. The molecule has 1 nitrogen and oxygen atoms in total. The van der Waals surface area contributed by atoms with Gasteiger partial charge in [0.25, 0.3) is 0 Å². The number of benzene rings is 9. The fraction of sp³-hybridized carbons (Fsp3) is 0.148. The normalized spacial score (nSPS) is 14.0. The molecule has 0 atom stereocenters. The van der Waals surface area contributed by atoms with Crippen molar-refractivity contribution in [3.63, 3.8) is 0 Å². The standard InChI is InChI=1S/C54H43N/c1-3-14-40-31-44(27-25-36(40)11-1)55(45-28-26-37-12-2-4-15-41(37)32-45)46-29-30-49(43-24-23-39-22-21-38-13-5-7-17-47(38)52(39)33-43)54(35-46)53-34-42-16-6-8-18-48(42)50-19-9-10-20-51(50)53/h5-10,13,16-35H,1-4,11-12,14-15H2. The van der Waals surface area contributed by atoms with Crippen LogP contribution in [-0.2, 0) is 25.7 Å². The maximum atomic E-state index is 2.54. The van der Waals surface area contributed by atoms with Crippen molar-refractivity contribution in [3.8, 4) is 22.3 Å². The average molecular weight is 706 g/mol. The zero-order valence-corrected chi connectivity index (χ0v) is 31.2. The fourth-order valence-electron chi connectivity index (χ4n) is 9.76. The molecule has 0 bridgehead atoms. The molecule has 0 saturated carbocycles. The van der Waals surface area contributed by atoms with Crippen LogP contribution in [0.1, 0.15) is 47.9 Å². The summed E-state index contributed by atoms with van der Waals surface area (Å²) in [5.74, 6) is 0. The van der Waals surface area contributed by atoms with E-state index in [4.69, 9.17) is 0 Å². The first-order chi connectivity index (χ1) is 27.2. The summed E-state index contributed by atoms with van der Waals surface area (Å²) in [6.45, 7) is 0. The Balaban J connectivity index is 1.18. The number of anilines is 3. The van der Waals surface area contributed by atoms with Crippen LogP contribution in [-0.4, -0.2) is 0 Å². The van der Waals surface area contributed by atoms with Crippen LogP contribution < -0.4 is 4.90 Å².